The van der Waals surface area contributed by atoms with E-state index in [9.17, 15) is 0 Å². The number of aromatic nitrogens is 2. The Morgan fingerprint density at radius 2 is 2.55 bits per heavy atom. The van der Waals surface area contributed by atoms with Crippen LogP contribution in [-0.2, 0) is 13.0 Å². The third-order valence-electron chi connectivity index (χ3n) is 1.55. The highest BCUT2D eigenvalue weighted by molar-refractivity contribution is 5.02. The lowest BCUT2D eigenvalue weighted by Gasteiger charge is -1.92. The number of nitriles is 1. The van der Waals surface area contributed by atoms with Crippen molar-refractivity contribution in [1.29, 1.82) is 5.26 Å². The third-order valence-corrected chi connectivity index (χ3v) is 1.55. The van der Waals surface area contributed by atoms with Crippen LogP contribution >= 0.6 is 0 Å². The van der Waals surface area contributed by atoms with Gasteiger partial charge in [-0.25, -0.2) is 0 Å². The van der Waals surface area contributed by atoms with Gasteiger partial charge in [0.05, 0.1) is 25.2 Å². The minimum atomic E-state index is 0.533. The molecule has 0 aliphatic carbocycles. The number of rotatable bonds is 3. The van der Waals surface area contributed by atoms with Crippen LogP contribution in [0.1, 0.15) is 18.9 Å². The molecule has 3 heteroatoms. The number of hydrogen-bond donors (Lipinski definition) is 0. The molecule has 0 bridgehead atoms. The Kier molecular flexibility index (Phi) is 2.67. The molecule has 0 unspecified atom stereocenters. The molecule has 0 aliphatic heterocycles. The van der Waals surface area contributed by atoms with E-state index in [0.717, 1.165) is 6.42 Å². The first-order valence-corrected chi connectivity index (χ1v) is 3.75. The third kappa shape index (κ3) is 2.08. The highest BCUT2D eigenvalue weighted by Gasteiger charge is 1.94. The lowest BCUT2D eigenvalue weighted by Crippen LogP contribution is -1.96. The maximum absolute atomic E-state index is 8.30. The van der Waals surface area contributed by atoms with Crippen LogP contribution in [0.25, 0.3) is 0 Å². The molecule has 0 aliphatic rings. The molecule has 0 atom stereocenters. The molecule has 0 saturated heterocycles. The molecule has 0 radical (unpaired) electrons. The Morgan fingerprint density at radius 1 is 1.73 bits per heavy atom. The Morgan fingerprint density at radius 3 is 3.09 bits per heavy atom. The fourth-order valence-corrected chi connectivity index (χ4v) is 0.876. The average molecular weight is 149 g/mol. The van der Waals surface area contributed by atoms with Crippen molar-refractivity contribution in [2.45, 2.75) is 26.3 Å². The van der Waals surface area contributed by atoms with E-state index in [-0.39, 0.29) is 0 Å². The standard InChI is InChI=1S/C8H11N3/c1-2-8-6-10-11(7-8)5-3-4-9/h6-7H,2-3,5H2,1H3. The van der Waals surface area contributed by atoms with E-state index in [0.29, 0.717) is 13.0 Å². The molecular weight excluding hydrogens is 138 g/mol. The Hall–Kier alpha value is -1.30. The quantitative estimate of drug-likeness (QED) is 0.651. The highest BCUT2D eigenvalue weighted by atomic mass is 15.3. The molecule has 1 rings (SSSR count). The predicted molar refractivity (Wildman–Crippen MR) is 41.8 cm³/mol. The van der Waals surface area contributed by atoms with Crippen molar-refractivity contribution in [3.63, 3.8) is 0 Å². The SMILES string of the molecule is CCc1cnn(CCC#N)c1. The second kappa shape index (κ2) is 3.77. The van der Waals surface area contributed by atoms with Gasteiger partial charge in [-0.15, -0.1) is 0 Å². The van der Waals surface area contributed by atoms with Crippen molar-refractivity contribution >= 4 is 0 Å². The van der Waals surface area contributed by atoms with Crippen LogP contribution in [0, 0.1) is 11.3 Å². The zero-order valence-corrected chi connectivity index (χ0v) is 6.62. The van der Waals surface area contributed by atoms with Crippen LogP contribution in [0.5, 0.6) is 0 Å². The van der Waals surface area contributed by atoms with Crippen LogP contribution in [0.15, 0.2) is 12.4 Å². The maximum atomic E-state index is 8.30. The van der Waals surface area contributed by atoms with Gasteiger partial charge in [0.25, 0.3) is 0 Å². The van der Waals surface area contributed by atoms with Gasteiger partial charge in [-0.05, 0) is 12.0 Å². The first kappa shape index (κ1) is 7.80. The summed E-state index contributed by atoms with van der Waals surface area (Å²) < 4.78 is 1.81. The van der Waals surface area contributed by atoms with Crippen LogP contribution < -0.4 is 0 Å². The molecule has 0 spiro atoms. The van der Waals surface area contributed by atoms with Crippen LogP contribution in [0.3, 0.4) is 0 Å². The molecule has 3 nitrogen and oxygen atoms in total. The van der Waals surface area contributed by atoms with Gasteiger partial charge < -0.3 is 0 Å². The Labute approximate surface area is 66.3 Å². The van der Waals surface area contributed by atoms with E-state index in [2.05, 4.69) is 18.1 Å². The summed E-state index contributed by atoms with van der Waals surface area (Å²) in [6.45, 7) is 2.79. The van der Waals surface area contributed by atoms with E-state index >= 15 is 0 Å². The summed E-state index contributed by atoms with van der Waals surface area (Å²) in [5.74, 6) is 0. The van der Waals surface area contributed by atoms with Crippen molar-refractivity contribution in [2.75, 3.05) is 0 Å². The molecule has 0 aromatic carbocycles. The molecule has 11 heavy (non-hydrogen) atoms. The van der Waals surface area contributed by atoms with Crippen molar-refractivity contribution in [1.82, 2.24) is 9.78 Å². The summed E-state index contributed by atoms with van der Waals surface area (Å²) in [6.07, 6.45) is 5.37. The predicted octanol–water partition coefficient (Wildman–Crippen LogP) is 1.36. The van der Waals surface area contributed by atoms with Gasteiger partial charge in [-0.1, -0.05) is 6.92 Å². The molecular formula is C8H11N3. The minimum absolute atomic E-state index is 0.533. The fourth-order valence-electron chi connectivity index (χ4n) is 0.876. The zero-order chi connectivity index (χ0) is 8.10. The monoisotopic (exact) mass is 149 g/mol. The van der Waals surface area contributed by atoms with Crippen molar-refractivity contribution in [3.05, 3.63) is 18.0 Å². The van der Waals surface area contributed by atoms with Crippen molar-refractivity contribution in [3.8, 4) is 6.07 Å². The topological polar surface area (TPSA) is 41.6 Å². The molecule has 0 fully saturated rings. The van der Waals surface area contributed by atoms with Gasteiger partial charge in [0, 0.05) is 6.20 Å². The normalized spacial score (nSPS) is 9.45. The maximum Gasteiger partial charge on any atom is 0.0641 e. The van der Waals surface area contributed by atoms with Crippen LogP contribution in [0.4, 0.5) is 0 Å². The van der Waals surface area contributed by atoms with Gasteiger partial charge in [-0.3, -0.25) is 4.68 Å². The average Bonchev–Trinajstić information content (AvgIpc) is 2.48. The van der Waals surface area contributed by atoms with E-state index < -0.39 is 0 Å². The first-order chi connectivity index (χ1) is 5.36. The lowest BCUT2D eigenvalue weighted by atomic mass is 10.3. The fraction of sp³-hybridized carbons (Fsp3) is 0.500. The lowest BCUT2D eigenvalue weighted by molar-refractivity contribution is 0.627. The van der Waals surface area contributed by atoms with Gasteiger partial charge >= 0.3 is 0 Å². The summed E-state index contributed by atoms with van der Waals surface area (Å²) in [7, 11) is 0. The molecule has 1 aromatic heterocycles. The van der Waals surface area contributed by atoms with Crippen molar-refractivity contribution < 1.29 is 0 Å². The summed E-state index contributed by atoms with van der Waals surface area (Å²) in [4.78, 5) is 0. The zero-order valence-electron chi connectivity index (χ0n) is 6.62. The number of nitrogens with zero attached hydrogens (tertiary/aromatic N) is 3. The molecule has 0 saturated carbocycles. The molecule has 58 valence electrons. The van der Waals surface area contributed by atoms with Crippen LogP contribution in [-0.4, -0.2) is 9.78 Å². The van der Waals surface area contributed by atoms with Gasteiger partial charge in [0.2, 0.25) is 0 Å². The molecule has 0 N–H and O–H groups in total. The smallest absolute Gasteiger partial charge is 0.0641 e. The van der Waals surface area contributed by atoms with Crippen molar-refractivity contribution in [2.24, 2.45) is 0 Å². The second-order valence-corrected chi connectivity index (χ2v) is 2.37. The summed E-state index contributed by atoms with van der Waals surface area (Å²) in [5, 5.41) is 12.4. The number of hydrogen-bond acceptors (Lipinski definition) is 2. The summed E-state index contributed by atoms with van der Waals surface area (Å²) in [5.41, 5.74) is 1.22. The van der Waals surface area contributed by atoms with E-state index in [1.165, 1.54) is 5.56 Å². The minimum Gasteiger partial charge on any atom is -0.271 e. The van der Waals surface area contributed by atoms with E-state index in [1.54, 1.807) is 0 Å². The van der Waals surface area contributed by atoms with Gasteiger partial charge in [0.1, 0.15) is 0 Å². The summed E-state index contributed by atoms with van der Waals surface area (Å²) >= 11 is 0. The van der Waals surface area contributed by atoms with Gasteiger partial charge in [0.15, 0.2) is 0 Å². The van der Waals surface area contributed by atoms with Gasteiger partial charge in [-0.2, -0.15) is 10.4 Å². The summed E-state index contributed by atoms with van der Waals surface area (Å²) in [6, 6.07) is 2.08. The van der Waals surface area contributed by atoms with E-state index in [1.807, 2.05) is 17.1 Å². The Bertz CT molecular complexity index is 257. The molecule has 0 amide bonds. The highest BCUT2D eigenvalue weighted by Crippen LogP contribution is 1.98. The largest absolute Gasteiger partial charge is 0.271 e. The molecule has 1 aromatic rings. The van der Waals surface area contributed by atoms with Crippen LogP contribution in [0.2, 0.25) is 0 Å². The molecule has 1 heterocycles. The second-order valence-electron chi connectivity index (χ2n) is 2.37. The Balaban J connectivity index is 2.53. The van der Waals surface area contributed by atoms with E-state index in [4.69, 9.17) is 5.26 Å². The number of aryl methyl sites for hydroxylation is 2. The first-order valence-electron chi connectivity index (χ1n) is 3.75.